The minimum atomic E-state index is 0.406. The zero-order valence-electron chi connectivity index (χ0n) is 10.7. The summed E-state index contributed by atoms with van der Waals surface area (Å²) >= 11 is 1.80. The van der Waals surface area contributed by atoms with Crippen molar-refractivity contribution in [3.8, 4) is 0 Å². The van der Waals surface area contributed by atoms with E-state index in [0.717, 1.165) is 31.9 Å². The Morgan fingerprint density at radius 3 is 2.81 bits per heavy atom. The van der Waals surface area contributed by atoms with Crippen LogP contribution in [0.25, 0.3) is 0 Å². The largest absolute Gasteiger partial charge is 0.381 e. The number of nitrogens with one attached hydrogen (secondary N) is 1. The van der Waals surface area contributed by atoms with E-state index < -0.39 is 0 Å². The van der Waals surface area contributed by atoms with Crippen LogP contribution in [-0.2, 0) is 11.2 Å². The SMILES string of the molecule is CCNC(C)c1sc(CCOCC)nc1C. The van der Waals surface area contributed by atoms with Crippen LogP contribution in [0.5, 0.6) is 0 Å². The summed E-state index contributed by atoms with van der Waals surface area (Å²) in [6, 6.07) is 0.406. The van der Waals surface area contributed by atoms with Crippen LogP contribution >= 0.6 is 11.3 Å². The molecule has 0 aromatic carbocycles. The number of aromatic nitrogens is 1. The average Bonchev–Trinajstić information content (AvgIpc) is 2.61. The summed E-state index contributed by atoms with van der Waals surface area (Å²) in [5.41, 5.74) is 1.16. The molecule has 0 saturated heterocycles. The van der Waals surface area contributed by atoms with Crippen molar-refractivity contribution in [2.75, 3.05) is 19.8 Å². The van der Waals surface area contributed by atoms with Crippen molar-refractivity contribution in [1.29, 1.82) is 0 Å². The molecule has 0 aliphatic rings. The van der Waals surface area contributed by atoms with Crippen LogP contribution in [0.15, 0.2) is 0 Å². The number of ether oxygens (including phenoxy) is 1. The third kappa shape index (κ3) is 3.85. The van der Waals surface area contributed by atoms with Crippen LogP contribution in [0, 0.1) is 6.92 Å². The van der Waals surface area contributed by atoms with Crippen LogP contribution in [0.2, 0.25) is 0 Å². The third-order valence-corrected chi connectivity index (χ3v) is 3.84. The molecule has 3 nitrogen and oxygen atoms in total. The zero-order valence-corrected chi connectivity index (χ0v) is 11.5. The van der Waals surface area contributed by atoms with Crippen LogP contribution < -0.4 is 5.32 Å². The molecule has 0 amide bonds. The molecule has 0 fully saturated rings. The van der Waals surface area contributed by atoms with Crippen LogP contribution in [0.4, 0.5) is 0 Å². The van der Waals surface area contributed by atoms with Gasteiger partial charge in [-0.25, -0.2) is 4.98 Å². The van der Waals surface area contributed by atoms with Gasteiger partial charge in [0.25, 0.3) is 0 Å². The fourth-order valence-electron chi connectivity index (χ4n) is 1.68. The van der Waals surface area contributed by atoms with Crippen LogP contribution in [0.3, 0.4) is 0 Å². The topological polar surface area (TPSA) is 34.1 Å². The highest BCUT2D eigenvalue weighted by atomic mass is 32.1. The molecule has 0 aliphatic carbocycles. The molecular weight excluding hydrogens is 220 g/mol. The second kappa shape index (κ2) is 6.99. The first-order valence-electron chi connectivity index (χ1n) is 5.96. The standard InChI is InChI=1S/C12H22N2OS/c1-5-13-9(3)12-10(4)14-11(16-12)7-8-15-6-2/h9,13H,5-8H2,1-4H3. The van der Waals surface area contributed by atoms with Crippen molar-refractivity contribution in [3.63, 3.8) is 0 Å². The van der Waals surface area contributed by atoms with Crippen molar-refractivity contribution in [3.05, 3.63) is 15.6 Å². The molecule has 1 N–H and O–H groups in total. The molecule has 1 rings (SSSR count). The fourth-order valence-corrected chi connectivity index (χ4v) is 2.75. The van der Waals surface area contributed by atoms with Gasteiger partial charge in [0.05, 0.1) is 17.3 Å². The third-order valence-electron chi connectivity index (χ3n) is 2.44. The number of aryl methyl sites for hydroxylation is 1. The predicted molar refractivity (Wildman–Crippen MR) is 69.1 cm³/mol. The van der Waals surface area contributed by atoms with E-state index in [2.05, 4.69) is 31.1 Å². The highest BCUT2D eigenvalue weighted by Crippen LogP contribution is 2.25. The van der Waals surface area contributed by atoms with Crippen molar-refractivity contribution in [2.45, 2.75) is 40.2 Å². The Bertz CT molecular complexity index is 312. The van der Waals surface area contributed by atoms with E-state index >= 15 is 0 Å². The van der Waals surface area contributed by atoms with Gasteiger partial charge in [-0.2, -0.15) is 0 Å². The molecule has 1 unspecified atom stereocenters. The van der Waals surface area contributed by atoms with Gasteiger partial charge in [-0.15, -0.1) is 11.3 Å². The summed E-state index contributed by atoms with van der Waals surface area (Å²) in [5, 5.41) is 4.61. The summed E-state index contributed by atoms with van der Waals surface area (Å²) in [5.74, 6) is 0. The molecule has 0 bridgehead atoms. The van der Waals surface area contributed by atoms with E-state index in [1.807, 2.05) is 6.92 Å². The highest BCUT2D eigenvalue weighted by Gasteiger charge is 2.12. The maximum Gasteiger partial charge on any atom is 0.0954 e. The molecule has 1 aromatic heterocycles. The summed E-state index contributed by atoms with van der Waals surface area (Å²) in [6.07, 6.45) is 0.929. The minimum Gasteiger partial charge on any atom is -0.381 e. The lowest BCUT2D eigenvalue weighted by atomic mass is 10.2. The maximum absolute atomic E-state index is 5.35. The molecular formula is C12H22N2OS. The second-order valence-electron chi connectivity index (χ2n) is 3.78. The molecule has 0 radical (unpaired) electrons. The first-order chi connectivity index (χ1) is 7.69. The molecule has 1 heterocycles. The first kappa shape index (κ1) is 13.6. The Morgan fingerprint density at radius 1 is 1.44 bits per heavy atom. The smallest absolute Gasteiger partial charge is 0.0954 e. The predicted octanol–water partition coefficient (Wildman–Crippen LogP) is 2.70. The van der Waals surface area contributed by atoms with Crippen molar-refractivity contribution in [1.82, 2.24) is 10.3 Å². The number of hydrogen-bond acceptors (Lipinski definition) is 4. The Morgan fingerprint density at radius 2 is 2.19 bits per heavy atom. The Hall–Kier alpha value is -0.450. The van der Waals surface area contributed by atoms with Crippen LogP contribution in [-0.4, -0.2) is 24.7 Å². The van der Waals surface area contributed by atoms with E-state index in [0.29, 0.717) is 6.04 Å². The normalized spacial score (nSPS) is 13.0. The molecule has 92 valence electrons. The van der Waals surface area contributed by atoms with Gasteiger partial charge < -0.3 is 10.1 Å². The lowest BCUT2D eigenvalue weighted by molar-refractivity contribution is 0.151. The Labute approximate surface area is 102 Å². The molecule has 0 spiro atoms. The summed E-state index contributed by atoms with van der Waals surface area (Å²) < 4.78 is 5.35. The van der Waals surface area contributed by atoms with Gasteiger partial charge in [-0.05, 0) is 27.3 Å². The van der Waals surface area contributed by atoms with Crippen molar-refractivity contribution < 1.29 is 4.74 Å². The zero-order chi connectivity index (χ0) is 12.0. The van der Waals surface area contributed by atoms with E-state index in [1.54, 1.807) is 11.3 Å². The van der Waals surface area contributed by atoms with E-state index in [1.165, 1.54) is 9.88 Å². The van der Waals surface area contributed by atoms with Crippen LogP contribution in [0.1, 0.15) is 42.4 Å². The van der Waals surface area contributed by atoms with E-state index in [9.17, 15) is 0 Å². The quantitative estimate of drug-likeness (QED) is 0.747. The number of nitrogens with zero attached hydrogens (tertiary/aromatic N) is 1. The van der Waals surface area contributed by atoms with Gasteiger partial charge >= 0.3 is 0 Å². The second-order valence-corrected chi connectivity index (χ2v) is 4.90. The molecule has 0 aliphatic heterocycles. The summed E-state index contributed by atoms with van der Waals surface area (Å²) in [7, 11) is 0. The van der Waals surface area contributed by atoms with Gasteiger partial charge in [0.1, 0.15) is 0 Å². The monoisotopic (exact) mass is 242 g/mol. The number of rotatable bonds is 7. The lowest BCUT2D eigenvalue weighted by Gasteiger charge is -2.09. The molecule has 1 aromatic rings. The average molecular weight is 242 g/mol. The maximum atomic E-state index is 5.35. The Kier molecular flexibility index (Phi) is 5.95. The van der Waals surface area contributed by atoms with Gasteiger partial charge in [0.2, 0.25) is 0 Å². The molecule has 1 atom stereocenters. The molecule has 4 heteroatoms. The van der Waals surface area contributed by atoms with Gasteiger partial charge in [0.15, 0.2) is 0 Å². The lowest BCUT2D eigenvalue weighted by Crippen LogP contribution is -2.17. The van der Waals surface area contributed by atoms with Gasteiger partial charge in [-0.1, -0.05) is 6.92 Å². The fraction of sp³-hybridized carbons (Fsp3) is 0.750. The minimum absolute atomic E-state index is 0.406. The molecule has 16 heavy (non-hydrogen) atoms. The summed E-state index contributed by atoms with van der Waals surface area (Å²) in [4.78, 5) is 5.94. The van der Waals surface area contributed by atoms with Gasteiger partial charge in [0, 0.05) is 23.9 Å². The van der Waals surface area contributed by atoms with E-state index in [4.69, 9.17) is 4.74 Å². The van der Waals surface area contributed by atoms with Gasteiger partial charge in [-0.3, -0.25) is 0 Å². The van der Waals surface area contributed by atoms with E-state index in [-0.39, 0.29) is 0 Å². The highest BCUT2D eigenvalue weighted by molar-refractivity contribution is 7.11. The summed E-state index contributed by atoms with van der Waals surface area (Å²) in [6.45, 7) is 11.0. The Balaban J connectivity index is 2.58. The molecule has 0 saturated carbocycles. The first-order valence-corrected chi connectivity index (χ1v) is 6.78. The van der Waals surface area contributed by atoms with Crippen molar-refractivity contribution in [2.24, 2.45) is 0 Å². The van der Waals surface area contributed by atoms with Crippen molar-refractivity contribution >= 4 is 11.3 Å². The number of thiazole rings is 1. The number of hydrogen-bond donors (Lipinski definition) is 1.